The maximum Gasteiger partial charge on any atom is 0.134 e. The Hall–Kier alpha value is -1.84. The number of hydrogen-bond donors (Lipinski definition) is 0. The quantitative estimate of drug-likeness (QED) is 0.844. The minimum Gasteiger partial charge on any atom is -0.497 e. The van der Waals surface area contributed by atoms with Gasteiger partial charge >= 0.3 is 0 Å². The number of methoxy groups -OCH3 is 1. The number of rotatable bonds is 4. The first-order chi connectivity index (χ1) is 9.12. The van der Waals surface area contributed by atoms with Gasteiger partial charge in [-0.3, -0.25) is 4.68 Å². The van der Waals surface area contributed by atoms with Gasteiger partial charge in [0, 0.05) is 29.9 Å². The number of nitrogens with zero attached hydrogens (tertiary/aromatic N) is 2. The molecule has 0 bridgehead atoms. The minimum atomic E-state index is -0.267. The van der Waals surface area contributed by atoms with Crippen molar-refractivity contribution in [2.24, 2.45) is 7.05 Å². The summed E-state index contributed by atoms with van der Waals surface area (Å²) in [5, 5.41) is 4.48. The average molecular weight is 262 g/mol. The van der Waals surface area contributed by atoms with Crippen molar-refractivity contribution in [3.05, 3.63) is 35.4 Å². The maximum atomic E-state index is 14.2. The fourth-order valence-corrected chi connectivity index (χ4v) is 2.41. The summed E-state index contributed by atoms with van der Waals surface area (Å²) in [7, 11) is 3.44. The van der Waals surface area contributed by atoms with Gasteiger partial charge in [0.25, 0.3) is 0 Å². The molecular formula is C15H19FN2O. The van der Waals surface area contributed by atoms with Crippen LogP contribution in [0, 0.1) is 5.82 Å². The second-order valence-electron chi connectivity index (χ2n) is 4.44. The molecule has 19 heavy (non-hydrogen) atoms. The first-order valence-electron chi connectivity index (χ1n) is 6.51. The van der Waals surface area contributed by atoms with Crippen molar-refractivity contribution in [2.75, 3.05) is 7.11 Å². The molecule has 1 heterocycles. The van der Waals surface area contributed by atoms with Crippen LogP contribution in [0.5, 0.6) is 5.75 Å². The zero-order chi connectivity index (χ0) is 14.0. The summed E-state index contributed by atoms with van der Waals surface area (Å²) in [5.74, 6) is 0.262. The molecule has 0 spiro atoms. The van der Waals surface area contributed by atoms with E-state index in [0.717, 1.165) is 29.8 Å². The molecule has 0 unspecified atom stereocenters. The second kappa shape index (κ2) is 5.43. The van der Waals surface area contributed by atoms with Gasteiger partial charge in [0.05, 0.1) is 12.8 Å². The summed E-state index contributed by atoms with van der Waals surface area (Å²) in [6, 6.07) is 4.97. The van der Waals surface area contributed by atoms with Crippen LogP contribution in [0.3, 0.4) is 0 Å². The lowest BCUT2D eigenvalue weighted by atomic mass is 10.00. The maximum absolute atomic E-state index is 14.2. The van der Waals surface area contributed by atoms with Crippen molar-refractivity contribution in [2.45, 2.75) is 26.7 Å². The van der Waals surface area contributed by atoms with Crippen LogP contribution in [0.2, 0.25) is 0 Å². The predicted octanol–water partition coefficient (Wildman–Crippen LogP) is 3.36. The van der Waals surface area contributed by atoms with E-state index in [4.69, 9.17) is 4.74 Å². The molecule has 3 nitrogen and oxygen atoms in total. The lowest BCUT2D eigenvalue weighted by molar-refractivity contribution is 0.411. The summed E-state index contributed by atoms with van der Waals surface area (Å²) in [4.78, 5) is 0. The van der Waals surface area contributed by atoms with Gasteiger partial charge in [0.2, 0.25) is 0 Å². The van der Waals surface area contributed by atoms with Gasteiger partial charge in [-0.15, -0.1) is 0 Å². The van der Waals surface area contributed by atoms with Crippen molar-refractivity contribution < 1.29 is 9.13 Å². The molecule has 0 saturated carbocycles. The Kier molecular flexibility index (Phi) is 3.88. The Labute approximate surface area is 113 Å². The SMILES string of the molecule is CCc1nn(C)c(CC)c1-c1ccc(OC)cc1F. The van der Waals surface area contributed by atoms with Crippen molar-refractivity contribution in [1.29, 1.82) is 0 Å². The second-order valence-corrected chi connectivity index (χ2v) is 4.44. The summed E-state index contributed by atoms with van der Waals surface area (Å²) in [5.41, 5.74) is 3.51. The number of aromatic nitrogens is 2. The van der Waals surface area contributed by atoms with Crippen LogP contribution in [-0.4, -0.2) is 16.9 Å². The fraction of sp³-hybridized carbons (Fsp3) is 0.400. The highest BCUT2D eigenvalue weighted by molar-refractivity contribution is 5.70. The van der Waals surface area contributed by atoms with Crippen molar-refractivity contribution in [3.8, 4) is 16.9 Å². The summed E-state index contributed by atoms with van der Waals surface area (Å²) >= 11 is 0. The Morgan fingerprint density at radius 2 is 2.00 bits per heavy atom. The molecule has 0 saturated heterocycles. The third-order valence-electron chi connectivity index (χ3n) is 3.35. The third kappa shape index (κ3) is 2.35. The molecular weight excluding hydrogens is 243 g/mol. The Morgan fingerprint density at radius 1 is 1.26 bits per heavy atom. The number of ether oxygens (including phenoxy) is 1. The van der Waals surface area contributed by atoms with E-state index in [9.17, 15) is 4.39 Å². The number of benzene rings is 1. The molecule has 4 heteroatoms. The first-order valence-corrected chi connectivity index (χ1v) is 6.51. The van der Waals surface area contributed by atoms with E-state index in [2.05, 4.69) is 12.0 Å². The van der Waals surface area contributed by atoms with Crippen LogP contribution >= 0.6 is 0 Å². The van der Waals surface area contributed by atoms with Crippen LogP contribution < -0.4 is 4.74 Å². The van der Waals surface area contributed by atoms with Gasteiger partial charge < -0.3 is 4.74 Å². The number of halogens is 1. The van der Waals surface area contributed by atoms with Crippen LogP contribution in [0.1, 0.15) is 25.2 Å². The molecule has 0 N–H and O–H groups in total. The topological polar surface area (TPSA) is 27.1 Å². The molecule has 0 aliphatic heterocycles. The van der Waals surface area contributed by atoms with Gasteiger partial charge in [-0.1, -0.05) is 13.8 Å². The molecule has 102 valence electrons. The van der Waals surface area contributed by atoms with E-state index in [1.165, 1.54) is 13.2 Å². The molecule has 1 aromatic carbocycles. The Bertz CT molecular complexity index is 590. The zero-order valence-corrected chi connectivity index (χ0v) is 11.8. The van der Waals surface area contributed by atoms with Gasteiger partial charge in [-0.2, -0.15) is 5.10 Å². The molecule has 0 fully saturated rings. The minimum absolute atomic E-state index is 0.267. The van der Waals surface area contributed by atoms with E-state index in [0.29, 0.717) is 11.3 Å². The van der Waals surface area contributed by atoms with E-state index >= 15 is 0 Å². The van der Waals surface area contributed by atoms with Crippen molar-refractivity contribution in [3.63, 3.8) is 0 Å². The predicted molar refractivity (Wildman–Crippen MR) is 73.9 cm³/mol. The molecule has 0 radical (unpaired) electrons. The van der Waals surface area contributed by atoms with Gasteiger partial charge in [-0.05, 0) is 25.0 Å². The summed E-state index contributed by atoms with van der Waals surface area (Å²) < 4.78 is 21.1. The molecule has 0 aliphatic carbocycles. The summed E-state index contributed by atoms with van der Waals surface area (Å²) in [6.07, 6.45) is 1.61. The Balaban J connectivity index is 2.64. The summed E-state index contributed by atoms with van der Waals surface area (Å²) in [6.45, 7) is 4.09. The lowest BCUT2D eigenvalue weighted by Gasteiger charge is -2.08. The van der Waals surface area contributed by atoms with Gasteiger partial charge in [0.1, 0.15) is 11.6 Å². The number of aryl methyl sites for hydroxylation is 2. The largest absolute Gasteiger partial charge is 0.497 e. The van der Waals surface area contributed by atoms with Crippen LogP contribution in [-0.2, 0) is 19.9 Å². The molecule has 2 rings (SSSR count). The van der Waals surface area contributed by atoms with E-state index < -0.39 is 0 Å². The first kappa shape index (κ1) is 13.6. The molecule has 0 amide bonds. The number of hydrogen-bond acceptors (Lipinski definition) is 2. The lowest BCUT2D eigenvalue weighted by Crippen LogP contribution is -1.97. The molecule has 1 aromatic heterocycles. The smallest absolute Gasteiger partial charge is 0.134 e. The molecule has 0 atom stereocenters. The normalized spacial score (nSPS) is 10.8. The van der Waals surface area contributed by atoms with E-state index in [-0.39, 0.29) is 5.82 Å². The average Bonchev–Trinajstić information content (AvgIpc) is 2.74. The van der Waals surface area contributed by atoms with Crippen LogP contribution in [0.25, 0.3) is 11.1 Å². The highest BCUT2D eigenvalue weighted by Gasteiger charge is 2.18. The molecule has 2 aromatic rings. The van der Waals surface area contributed by atoms with Crippen LogP contribution in [0.4, 0.5) is 4.39 Å². The fourth-order valence-electron chi connectivity index (χ4n) is 2.41. The molecule has 0 aliphatic rings. The van der Waals surface area contributed by atoms with Crippen molar-refractivity contribution >= 4 is 0 Å². The van der Waals surface area contributed by atoms with Crippen LogP contribution in [0.15, 0.2) is 18.2 Å². The highest BCUT2D eigenvalue weighted by atomic mass is 19.1. The Morgan fingerprint density at radius 3 is 2.53 bits per heavy atom. The highest BCUT2D eigenvalue weighted by Crippen LogP contribution is 2.32. The monoisotopic (exact) mass is 262 g/mol. The standard InChI is InChI=1S/C15H19FN2O/c1-5-13-15(14(6-2)18(3)17-13)11-8-7-10(19-4)9-12(11)16/h7-9H,5-6H2,1-4H3. The van der Waals surface area contributed by atoms with Crippen molar-refractivity contribution in [1.82, 2.24) is 9.78 Å². The van der Waals surface area contributed by atoms with Gasteiger partial charge in [-0.25, -0.2) is 4.39 Å². The third-order valence-corrected chi connectivity index (χ3v) is 3.35. The zero-order valence-electron chi connectivity index (χ0n) is 11.8. The van der Waals surface area contributed by atoms with E-state index in [1.807, 2.05) is 18.7 Å². The van der Waals surface area contributed by atoms with E-state index in [1.54, 1.807) is 12.1 Å². The van der Waals surface area contributed by atoms with Gasteiger partial charge in [0.15, 0.2) is 0 Å².